The van der Waals surface area contributed by atoms with Gasteiger partial charge in [0.1, 0.15) is 6.29 Å². The third kappa shape index (κ3) is 3.97. The van der Waals surface area contributed by atoms with E-state index in [0.29, 0.717) is 5.92 Å². The van der Waals surface area contributed by atoms with Crippen molar-refractivity contribution in [1.29, 1.82) is 0 Å². The van der Waals surface area contributed by atoms with Crippen LogP contribution in [0.15, 0.2) is 18.2 Å². The van der Waals surface area contributed by atoms with Gasteiger partial charge in [0.25, 0.3) is 0 Å². The molecule has 1 atom stereocenters. The molecule has 0 aliphatic heterocycles. The van der Waals surface area contributed by atoms with Gasteiger partial charge in [-0.05, 0) is 48.8 Å². The Morgan fingerprint density at radius 3 is 2.39 bits per heavy atom. The summed E-state index contributed by atoms with van der Waals surface area (Å²) in [5, 5.41) is 3.33. The molecule has 1 aliphatic carbocycles. The van der Waals surface area contributed by atoms with Gasteiger partial charge in [-0.2, -0.15) is 0 Å². The Hall–Kier alpha value is -1.31. The van der Waals surface area contributed by atoms with E-state index in [1.165, 1.54) is 49.5 Å². The summed E-state index contributed by atoms with van der Waals surface area (Å²) >= 11 is 0. The monoisotopic (exact) mass is 315 g/mol. The third-order valence-electron chi connectivity index (χ3n) is 5.67. The molecule has 0 amide bonds. The number of hydrogen-bond acceptors (Lipinski definition) is 2. The Morgan fingerprint density at radius 1 is 1.17 bits per heavy atom. The van der Waals surface area contributed by atoms with Crippen molar-refractivity contribution in [3.8, 4) is 0 Å². The number of benzene rings is 1. The smallest absolute Gasteiger partial charge is 0.130 e. The highest BCUT2D eigenvalue weighted by molar-refractivity contribution is 5.74. The second-order valence-electron chi connectivity index (χ2n) is 7.14. The zero-order valence-corrected chi connectivity index (χ0v) is 15.2. The molecule has 1 aromatic rings. The average molecular weight is 316 g/mol. The molecule has 1 aromatic carbocycles. The quantitative estimate of drug-likeness (QED) is 0.508. The largest absolute Gasteiger partial charge is 0.388 e. The van der Waals surface area contributed by atoms with Crippen molar-refractivity contribution in [2.45, 2.75) is 83.0 Å². The van der Waals surface area contributed by atoms with Gasteiger partial charge in [-0.15, -0.1) is 0 Å². The topological polar surface area (TPSA) is 29.1 Å². The van der Waals surface area contributed by atoms with E-state index in [0.717, 1.165) is 31.4 Å². The van der Waals surface area contributed by atoms with Crippen LogP contribution in [0.5, 0.6) is 0 Å². The van der Waals surface area contributed by atoms with Gasteiger partial charge in [-0.3, -0.25) is 0 Å². The molecular formula is C21H33NO. The molecule has 0 saturated heterocycles. The molecule has 1 aliphatic rings. The van der Waals surface area contributed by atoms with Gasteiger partial charge in [-0.1, -0.05) is 58.1 Å². The summed E-state index contributed by atoms with van der Waals surface area (Å²) < 4.78 is 0. The van der Waals surface area contributed by atoms with E-state index in [1.807, 2.05) is 7.05 Å². The summed E-state index contributed by atoms with van der Waals surface area (Å²) in [5.74, 6) is 0.610. The lowest BCUT2D eigenvalue weighted by Gasteiger charge is -2.30. The molecule has 2 heteroatoms. The van der Waals surface area contributed by atoms with Crippen LogP contribution in [0.25, 0.3) is 0 Å². The summed E-state index contributed by atoms with van der Waals surface area (Å²) in [6.07, 6.45) is 11.7. The normalized spacial score (nSPS) is 18.9. The molecule has 0 heterocycles. The molecule has 1 unspecified atom stereocenters. The highest BCUT2D eigenvalue weighted by Crippen LogP contribution is 2.41. The number of nitrogens with one attached hydrogen (secondary N) is 1. The van der Waals surface area contributed by atoms with E-state index in [4.69, 9.17) is 0 Å². The van der Waals surface area contributed by atoms with E-state index >= 15 is 0 Å². The molecule has 1 N–H and O–H groups in total. The molecule has 0 aromatic heterocycles. The maximum Gasteiger partial charge on any atom is 0.130 e. The minimum absolute atomic E-state index is 0.282. The van der Waals surface area contributed by atoms with Gasteiger partial charge in [0.2, 0.25) is 0 Å². The lowest BCUT2D eigenvalue weighted by Crippen LogP contribution is -2.28. The maximum absolute atomic E-state index is 12.2. The molecule has 0 bridgehead atoms. The van der Waals surface area contributed by atoms with E-state index in [1.54, 1.807) is 0 Å². The van der Waals surface area contributed by atoms with Crippen LogP contribution in [0.2, 0.25) is 0 Å². The third-order valence-corrected chi connectivity index (χ3v) is 5.67. The fourth-order valence-corrected chi connectivity index (χ4v) is 4.21. The highest BCUT2D eigenvalue weighted by atomic mass is 16.1. The fraction of sp³-hybridized carbons (Fsp3) is 0.667. The first-order chi connectivity index (χ1) is 11.2. The molecule has 0 spiro atoms. The minimum Gasteiger partial charge on any atom is -0.388 e. The first-order valence-electron chi connectivity index (χ1n) is 9.49. The van der Waals surface area contributed by atoms with Crippen molar-refractivity contribution in [3.05, 3.63) is 29.3 Å². The molecule has 2 rings (SSSR count). The van der Waals surface area contributed by atoms with E-state index in [9.17, 15) is 4.79 Å². The predicted molar refractivity (Wildman–Crippen MR) is 99.4 cm³/mol. The fourth-order valence-electron chi connectivity index (χ4n) is 4.21. The molecule has 128 valence electrons. The first-order valence-corrected chi connectivity index (χ1v) is 9.49. The van der Waals surface area contributed by atoms with Gasteiger partial charge >= 0.3 is 0 Å². The molecule has 0 radical (unpaired) electrons. The number of aldehydes is 1. The molecule has 1 fully saturated rings. The van der Waals surface area contributed by atoms with Crippen molar-refractivity contribution in [3.63, 3.8) is 0 Å². The number of carbonyl (C=O) groups is 1. The Balaban J connectivity index is 2.46. The lowest BCUT2D eigenvalue weighted by molar-refractivity contribution is -0.113. The highest BCUT2D eigenvalue weighted by Gasteiger charge is 2.35. The zero-order valence-electron chi connectivity index (χ0n) is 15.2. The standard InChI is InChI=1S/C21H33NO/c1-4-10-17(5-2)18-11-12-20(22-3)19(15-18)21(16-23)13-8-6-7-9-14-21/h11-12,15-17,22H,4-10,13-14H2,1-3H3. The van der Waals surface area contributed by atoms with Crippen molar-refractivity contribution < 1.29 is 4.79 Å². The van der Waals surface area contributed by atoms with Crippen LogP contribution in [0.4, 0.5) is 5.69 Å². The Kier molecular flexibility index (Phi) is 6.68. The van der Waals surface area contributed by atoms with Crippen molar-refractivity contribution >= 4 is 12.0 Å². The Bertz CT molecular complexity index is 501. The van der Waals surface area contributed by atoms with Crippen LogP contribution in [0.3, 0.4) is 0 Å². The van der Waals surface area contributed by atoms with Crippen LogP contribution >= 0.6 is 0 Å². The number of anilines is 1. The second kappa shape index (κ2) is 8.52. The summed E-state index contributed by atoms with van der Waals surface area (Å²) in [6, 6.07) is 6.79. The zero-order chi connectivity index (χ0) is 16.7. The second-order valence-corrected chi connectivity index (χ2v) is 7.14. The maximum atomic E-state index is 12.2. The molecule has 2 nitrogen and oxygen atoms in total. The van der Waals surface area contributed by atoms with E-state index in [2.05, 4.69) is 37.4 Å². The van der Waals surface area contributed by atoms with Gasteiger partial charge in [-0.25, -0.2) is 0 Å². The molecular weight excluding hydrogens is 282 g/mol. The Morgan fingerprint density at radius 2 is 1.87 bits per heavy atom. The van der Waals surface area contributed by atoms with Crippen molar-refractivity contribution in [2.75, 3.05) is 12.4 Å². The van der Waals surface area contributed by atoms with Gasteiger partial charge in [0.15, 0.2) is 0 Å². The minimum atomic E-state index is -0.282. The predicted octanol–water partition coefficient (Wildman–Crippen LogP) is 5.81. The van der Waals surface area contributed by atoms with Crippen LogP contribution in [-0.4, -0.2) is 13.3 Å². The SMILES string of the molecule is CCCC(CC)c1ccc(NC)c(C2(C=O)CCCCCC2)c1. The summed E-state index contributed by atoms with van der Waals surface area (Å²) in [7, 11) is 1.97. The summed E-state index contributed by atoms with van der Waals surface area (Å²) in [4.78, 5) is 12.2. The van der Waals surface area contributed by atoms with Crippen LogP contribution in [-0.2, 0) is 10.2 Å². The lowest BCUT2D eigenvalue weighted by atomic mass is 9.73. The van der Waals surface area contributed by atoms with E-state index < -0.39 is 0 Å². The van der Waals surface area contributed by atoms with Gasteiger partial charge < -0.3 is 10.1 Å². The summed E-state index contributed by atoms with van der Waals surface area (Å²) in [5.41, 5.74) is 3.50. The summed E-state index contributed by atoms with van der Waals surface area (Å²) in [6.45, 7) is 4.52. The van der Waals surface area contributed by atoms with Crippen LogP contribution in [0, 0.1) is 0 Å². The number of rotatable bonds is 7. The van der Waals surface area contributed by atoms with Crippen LogP contribution < -0.4 is 5.32 Å². The van der Waals surface area contributed by atoms with Crippen molar-refractivity contribution in [1.82, 2.24) is 0 Å². The van der Waals surface area contributed by atoms with Gasteiger partial charge in [0, 0.05) is 12.7 Å². The van der Waals surface area contributed by atoms with Crippen molar-refractivity contribution in [2.24, 2.45) is 0 Å². The first kappa shape index (κ1) is 18.0. The molecule has 1 saturated carbocycles. The number of hydrogen-bond donors (Lipinski definition) is 1. The van der Waals surface area contributed by atoms with Crippen LogP contribution in [0.1, 0.15) is 88.7 Å². The number of carbonyl (C=O) groups excluding carboxylic acids is 1. The van der Waals surface area contributed by atoms with E-state index in [-0.39, 0.29) is 5.41 Å². The molecule has 23 heavy (non-hydrogen) atoms. The Labute approximate surface area is 142 Å². The van der Waals surface area contributed by atoms with Gasteiger partial charge in [0.05, 0.1) is 5.41 Å². The average Bonchev–Trinajstić information content (AvgIpc) is 2.85.